The number of carbonyl (C=O) groups excluding carboxylic acids is 2. The van der Waals surface area contributed by atoms with Crippen molar-refractivity contribution >= 4 is 23.2 Å². The van der Waals surface area contributed by atoms with Crippen LogP contribution in [0.25, 0.3) is 0 Å². The smallest absolute Gasteiger partial charge is 0.258 e. The third kappa shape index (κ3) is 6.87. The van der Waals surface area contributed by atoms with E-state index in [2.05, 4.69) is 64.1 Å². The fourth-order valence-electron chi connectivity index (χ4n) is 6.40. The molecule has 4 aromatic rings. The van der Waals surface area contributed by atoms with Crippen LogP contribution in [0.4, 0.5) is 11.4 Å². The lowest BCUT2D eigenvalue weighted by molar-refractivity contribution is 0.0985. The first-order valence-corrected chi connectivity index (χ1v) is 15.5. The van der Waals surface area contributed by atoms with Crippen molar-refractivity contribution in [1.82, 2.24) is 10.2 Å². The maximum atomic E-state index is 13.8. The highest BCUT2D eigenvalue weighted by Gasteiger charge is 2.29. The van der Waals surface area contributed by atoms with Gasteiger partial charge in [0.05, 0.1) is 0 Å². The number of piperidine rings is 1. The number of rotatable bonds is 7. The average Bonchev–Trinajstić information content (AvgIpc) is 3.22. The minimum Gasteiger partial charge on any atom is -0.322 e. The molecule has 2 N–H and O–H groups in total. The van der Waals surface area contributed by atoms with Crippen molar-refractivity contribution in [2.75, 3.05) is 29.9 Å². The molecule has 0 spiro atoms. The number of carbonyl (C=O) groups is 2. The molecule has 6 rings (SSSR count). The monoisotopic (exact) mass is 572 g/mol. The zero-order valence-electron chi connectivity index (χ0n) is 24.8. The number of anilines is 2. The molecular formula is C37H40N4O2. The molecule has 4 aromatic carbocycles. The van der Waals surface area contributed by atoms with E-state index in [0.717, 1.165) is 56.6 Å². The Labute approximate surface area is 254 Å². The van der Waals surface area contributed by atoms with Gasteiger partial charge in [0, 0.05) is 47.7 Å². The van der Waals surface area contributed by atoms with Gasteiger partial charge in [0.15, 0.2) is 0 Å². The minimum absolute atomic E-state index is 0.0147. The summed E-state index contributed by atoms with van der Waals surface area (Å²) in [5.41, 5.74) is 6.40. The molecule has 1 fully saturated rings. The molecule has 0 aliphatic carbocycles. The fraction of sp³-hybridized carbons (Fsp3) is 0.297. The average molecular weight is 573 g/mol. The zero-order chi connectivity index (χ0) is 29.6. The molecule has 2 heterocycles. The molecule has 0 radical (unpaired) electrons. The molecule has 2 amide bonds. The summed E-state index contributed by atoms with van der Waals surface area (Å²) in [7, 11) is 0. The Morgan fingerprint density at radius 3 is 2.23 bits per heavy atom. The summed E-state index contributed by atoms with van der Waals surface area (Å²) in [6.45, 7) is 5.79. The largest absolute Gasteiger partial charge is 0.322 e. The molecular weight excluding hydrogens is 532 g/mol. The summed E-state index contributed by atoms with van der Waals surface area (Å²) in [5.74, 6) is -0.168. The van der Waals surface area contributed by atoms with E-state index in [1.165, 1.54) is 11.1 Å². The van der Waals surface area contributed by atoms with Crippen LogP contribution in [0.1, 0.15) is 69.1 Å². The third-order valence-corrected chi connectivity index (χ3v) is 8.78. The molecule has 2 aliphatic rings. The number of aryl methyl sites for hydroxylation is 1. The van der Waals surface area contributed by atoms with Crippen molar-refractivity contribution in [3.05, 3.63) is 131 Å². The number of amides is 2. The standard InChI is InChI=1S/C37H40N4O2/c1-27-10-5-6-13-32(27)36(42)39-30-19-17-29(18-20-30)37(43)41-23-9-15-34(33-14-7-8-16-35(33)41)38-31-21-24-40(25-22-31)26-28-11-3-2-4-12-28/h2-8,10-14,16-20,31,34,38H,9,15,21-26H2,1H3,(H,39,42). The Kier molecular flexibility index (Phi) is 8.96. The molecule has 0 aromatic heterocycles. The lowest BCUT2D eigenvalue weighted by Gasteiger charge is -2.35. The maximum Gasteiger partial charge on any atom is 0.258 e. The van der Waals surface area contributed by atoms with Crippen molar-refractivity contribution in [2.24, 2.45) is 0 Å². The molecule has 43 heavy (non-hydrogen) atoms. The third-order valence-electron chi connectivity index (χ3n) is 8.78. The summed E-state index contributed by atoms with van der Waals surface area (Å²) in [5, 5.41) is 6.93. The van der Waals surface area contributed by atoms with E-state index in [4.69, 9.17) is 0 Å². The number of benzene rings is 4. The second-order valence-corrected chi connectivity index (χ2v) is 11.8. The van der Waals surface area contributed by atoms with Gasteiger partial charge in [0.2, 0.25) is 0 Å². The molecule has 0 saturated carbocycles. The number of hydrogen-bond donors (Lipinski definition) is 2. The summed E-state index contributed by atoms with van der Waals surface area (Å²) in [6, 6.07) is 34.5. The normalized spacial score (nSPS) is 17.6. The minimum atomic E-state index is -0.154. The van der Waals surface area contributed by atoms with Crippen molar-refractivity contribution in [1.29, 1.82) is 0 Å². The lowest BCUT2D eigenvalue weighted by Crippen LogP contribution is -2.43. The number of fused-ring (bicyclic) bond motifs is 1. The molecule has 220 valence electrons. The van der Waals surface area contributed by atoms with Crippen LogP contribution in [-0.2, 0) is 6.54 Å². The number of hydrogen-bond acceptors (Lipinski definition) is 4. The molecule has 6 heteroatoms. The van der Waals surface area contributed by atoms with Crippen molar-refractivity contribution in [3.63, 3.8) is 0 Å². The second-order valence-electron chi connectivity index (χ2n) is 11.8. The van der Waals surface area contributed by atoms with E-state index >= 15 is 0 Å². The van der Waals surface area contributed by atoms with Gasteiger partial charge in [0.25, 0.3) is 11.8 Å². The Morgan fingerprint density at radius 2 is 1.47 bits per heavy atom. The first kappa shape index (κ1) is 28.8. The SMILES string of the molecule is Cc1ccccc1C(=O)Nc1ccc(C(=O)N2CCCC(NC3CCN(Cc4ccccc4)CC3)c3ccccc32)cc1. The van der Waals surface area contributed by atoms with Gasteiger partial charge in [-0.05, 0) is 98.8 Å². The van der Waals surface area contributed by atoms with E-state index < -0.39 is 0 Å². The van der Waals surface area contributed by atoms with Crippen LogP contribution in [0.15, 0.2) is 103 Å². The molecule has 0 bridgehead atoms. The highest BCUT2D eigenvalue weighted by molar-refractivity contribution is 6.08. The van der Waals surface area contributed by atoms with Crippen molar-refractivity contribution in [3.8, 4) is 0 Å². The van der Waals surface area contributed by atoms with E-state index in [9.17, 15) is 9.59 Å². The fourth-order valence-corrected chi connectivity index (χ4v) is 6.40. The van der Waals surface area contributed by atoms with Crippen LogP contribution >= 0.6 is 0 Å². The highest BCUT2D eigenvalue weighted by Crippen LogP contribution is 2.35. The van der Waals surface area contributed by atoms with Gasteiger partial charge >= 0.3 is 0 Å². The van der Waals surface area contributed by atoms with Gasteiger partial charge in [-0.15, -0.1) is 0 Å². The summed E-state index contributed by atoms with van der Waals surface area (Å²) in [4.78, 5) is 31.0. The zero-order valence-corrected chi connectivity index (χ0v) is 24.8. The van der Waals surface area contributed by atoms with E-state index in [-0.39, 0.29) is 17.9 Å². The summed E-state index contributed by atoms with van der Waals surface area (Å²) in [6.07, 6.45) is 4.17. The lowest BCUT2D eigenvalue weighted by atomic mass is 9.97. The van der Waals surface area contributed by atoms with Crippen LogP contribution in [0.3, 0.4) is 0 Å². The van der Waals surface area contributed by atoms with Gasteiger partial charge < -0.3 is 15.5 Å². The van der Waals surface area contributed by atoms with Crippen LogP contribution < -0.4 is 15.5 Å². The molecule has 6 nitrogen and oxygen atoms in total. The molecule has 1 saturated heterocycles. The Morgan fingerprint density at radius 1 is 0.767 bits per heavy atom. The van der Waals surface area contributed by atoms with Gasteiger partial charge in [-0.25, -0.2) is 0 Å². The predicted octanol–water partition coefficient (Wildman–Crippen LogP) is 6.98. The number of nitrogens with one attached hydrogen (secondary N) is 2. The Balaban J connectivity index is 1.10. The van der Waals surface area contributed by atoms with Gasteiger partial charge in [0.1, 0.15) is 0 Å². The topological polar surface area (TPSA) is 64.7 Å². The number of para-hydroxylation sites is 1. The quantitative estimate of drug-likeness (QED) is 0.251. The number of likely N-dealkylation sites (tertiary alicyclic amines) is 1. The highest BCUT2D eigenvalue weighted by atomic mass is 16.2. The molecule has 1 atom stereocenters. The summed E-state index contributed by atoms with van der Waals surface area (Å²) >= 11 is 0. The van der Waals surface area contributed by atoms with Crippen LogP contribution in [-0.4, -0.2) is 42.4 Å². The molecule has 2 aliphatic heterocycles. The van der Waals surface area contributed by atoms with Crippen molar-refractivity contribution < 1.29 is 9.59 Å². The maximum absolute atomic E-state index is 13.8. The van der Waals surface area contributed by atoms with Gasteiger partial charge in [-0.3, -0.25) is 14.5 Å². The van der Waals surface area contributed by atoms with E-state index in [1.807, 2.05) is 66.4 Å². The Bertz CT molecular complexity index is 1540. The van der Waals surface area contributed by atoms with Gasteiger partial charge in [-0.1, -0.05) is 66.7 Å². The first-order valence-electron chi connectivity index (χ1n) is 15.5. The van der Waals surface area contributed by atoms with E-state index in [1.54, 1.807) is 0 Å². The predicted molar refractivity (Wildman–Crippen MR) is 174 cm³/mol. The van der Waals surface area contributed by atoms with Crippen LogP contribution in [0.5, 0.6) is 0 Å². The number of nitrogens with zero attached hydrogens (tertiary/aromatic N) is 2. The van der Waals surface area contributed by atoms with E-state index in [0.29, 0.717) is 29.4 Å². The van der Waals surface area contributed by atoms with Crippen LogP contribution in [0.2, 0.25) is 0 Å². The summed E-state index contributed by atoms with van der Waals surface area (Å²) < 4.78 is 0. The Hall–Kier alpha value is -4.26. The second kappa shape index (κ2) is 13.4. The van der Waals surface area contributed by atoms with Crippen molar-refractivity contribution in [2.45, 2.75) is 51.2 Å². The first-order chi connectivity index (χ1) is 21.0. The molecule has 1 unspecified atom stereocenters. The van der Waals surface area contributed by atoms with Crippen LogP contribution in [0, 0.1) is 6.92 Å². The van der Waals surface area contributed by atoms with Gasteiger partial charge in [-0.2, -0.15) is 0 Å².